The Kier molecular flexibility index (Phi) is 2.33. The summed E-state index contributed by atoms with van der Waals surface area (Å²) in [6.07, 6.45) is 6.29. The Morgan fingerprint density at radius 3 is 2.69 bits per heavy atom. The van der Waals surface area contributed by atoms with Crippen LogP contribution in [0, 0.1) is 0 Å². The van der Waals surface area contributed by atoms with Crippen LogP contribution in [0.4, 0.5) is 5.95 Å². The average Bonchev–Trinajstić information content (AvgIpc) is 2.53. The predicted molar refractivity (Wildman–Crippen MR) is 48.3 cm³/mol. The fraction of sp³-hybridized carbons (Fsp3) is 0.750. The van der Waals surface area contributed by atoms with Crippen molar-refractivity contribution < 1.29 is 4.74 Å². The van der Waals surface area contributed by atoms with Crippen molar-refractivity contribution in [2.75, 3.05) is 5.73 Å². The SMILES string of the molecule is Nc1nc(OC2CCCCC2)n[nH]1. The van der Waals surface area contributed by atoms with E-state index < -0.39 is 0 Å². The Hall–Kier alpha value is -1.26. The maximum absolute atomic E-state index is 5.54. The number of anilines is 1. The summed E-state index contributed by atoms with van der Waals surface area (Å²) in [7, 11) is 0. The second kappa shape index (κ2) is 3.64. The summed E-state index contributed by atoms with van der Waals surface area (Å²) in [6, 6.07) is 0.379. The van der Waals surface area contributed by atoms with Crippen LogP contribution in [0.15, 0.2) is 0 Å². The van der Waals surface area contributed by atoms with Gasteiger partial charge in [-0.15, -0.1) is 5.10 Å². The first kappa shape index (κ1) is 8.34. The number of aromatic nitrogens is 3. The Labute approximate surface area is 76.7 Å². The number of aromatic amines is 1. The van der Waals surface area contributed by atoms with Crippen LogP contribution in [-0.4, -0.2) is 21.3 Å². The van der Waals surface area contributed by atoms with Gasteiger partial charge in [0, 0.05) is 0 Å². The van der Waals surface area contributed by atoms with Gasteiger partial charge in [0.05, 0.1) is 0 Å². The normalized spacial score (nSPS) is 18.8. The summed E-state index contributed by atoms with van der Waals surface area (Å²) in [4.78, 5) is 3.89. The molecule has 1 saturated carbocycles. The van der Waals surface area contributed by atoms with Crippen LogP contribution < -0.4 is 10.5 Å². The molecule has 5 heteroatoms. The zero-order valence-corrected chi connectivity index (χ0v) is 7.49. The molecule has 5 nitrogen and oxygen atoms in total. The number of nitrogens with one attached hydrogen (secondary N) is 1. The van der Waals surface area contributed by atoms with Crippen molar-refractivity contribution in [1.29, 1.82) is 0 Å². The Bertz CT molecular complexity index is 267. The Balaban J connectivity index is 1.89. The van der Waals surface area contributed by atoms with E-state index in [0.717, 1.165) is 12.8 Å². The van der Waals surface area contributed by atoms with Gasteiger partial charge in [0.2, 0.25) is 5.95 Å². The van der Waals surface area contributed by atoms with E-state index in [0.29, 0.717) is 12.0 Å². The zero-order valence-electron chi connectivity index (χ0n) is 7.49. The van der Waals surface area contributed by atoms with E-state index in [2.05, 4.69) is 15.2 Å². The van der Waals surface area contributed by atoms with Crippen molar-refractivity contribution in [1.82, 2.24) is 15.2 Å². The van der Waals surface area contributed by atoms with E-state index in [1.54, 1.807) is 0 Å². The minimum atomic E-state index is 0.281. The fourth-order valence-electron chi connectivity index (χ4n) is 1.64. The monoisotopic (exact) mass is 182 g/mol. The van der Waals surface area contributed by atoms with E-state index >= 15 is 0 Å². The molecular formula is C8H14N4O. The highest BCUT2D eigenvalue weighted by atomic mass is 16.5. The van der Waals surface area contributed by atoms with Crippen molar-refractivity contribution >= 4 is 5.95 Å². The van der Waals surface area contributed by atoms with Gasteiger partial charge >= 0.3 is 6.01 Å². The van der Waals surface area contributed by atoms with Crippen molar-refractivity contribution in [2.45, 2.75) is 38.2 Å². The van der Waals surface area contributed by atoms with Crippen molar-refractivity contribution in [3.63, 3.8) is 0 Å². The molecule has 0 saturated heterocycles. The molecule has 0 aliphatic heterocycles. The highest BCUT2D eigenvalue weighted by Gasteiger charge is 2.16. The summed E-state index contributed by atoms with van der Waals surface area (Å²) in [5.41, 5.74) is 5.37. The molecule has 1 fully saturated rings. The van der Waals surface area contributed by atoms with Crippen LogP contribution in [0.3, 0.4) is 0 Å². The molecule has 1 aliphatic carbocycles. The molecule has 1 aromatic heterocycles. The summed E-state index contributed by atoms with van der Waals surface area (Å²) in [5, 5.41) is 6.38. The topological polar surface area (TPSA) is 76.8 Å². The van der Waals surface area contributed by atoms with Gasteiger partial charge in [-0.25, -0.2) is 5.10 Å². The first-order valence-corrected chi connectivity index (χ1v) is 4.69. The van der Waals surface area contributed by atoms with Gasteiger partial charge in [0.25, 0.3) is 0 Å². The molecule has 0 unspecified atom stereocenters. The van der Waals surface area contributed by atoms with Crippen LogP contribution in [0.1, 0.15) is 32.1 Å². The summed E-state index contributed by atoms with van der Waals surface area (Å²) in [6.45, 7) is 0. The molecule has 2 rings (SSSR count). The van der Waals surface area contributed by atoms with Crippen molar-refractivity contribution in [2.24, 2.45) is 0 Å². The minimum Gasteiger partial charge on any atom is -0.459 e. The predicted octanol–water partition coefficient (Wildman–Crippen LogP) is 1.10. The molecule has 0 radical (unpaired) electrons. The standard InChI is InChI=1S/C8H14N4O/c9-7-10-8(12-11-7)13-6-4-2-1-3-5-6/h6H,1-5H2,(H3,9,10,11,12). The molecule has 72 valence electrons. The van der Waals surface area contributed by atoms with Crippen LogP contribution in [-0.2, 0) is 0 Å². The molecule has 1 heterocycles. The van der Waals surface area contributed by atoms with E-state index in [1.165, 1.54) is 19.3 Å². The van der Waals surface area contributed by atoms with Gasteiger partial charge in [0.1, 0.15) is 6.10 Å². The third kappa shape index (κ3) is 2.11. The first-order chi connectivity index (χ1) is 6.34. The van der Waals surface area contributed by atoms with Crippen LogP contribution in [0.2, 0.25) is 0 Å². The lowest BCUT2D eigenvalue weighted by molar-refractivity contribution is 0.142. The van der Waals surface area contributed by atoms with Gasteiger partial charge < -0.3 is 10.5 Å². The molecule has 0 atom stereocenters. The summed E-state index contributed by atoms with van der Waals surface area (Å²) < 4.78 is 5.54. The third-order valence-corrected chi connectivity index (χ3v) is 2.31. The summed E-state index contributed by atoms with van der Waals surface area (Å²) >= 11 is 0. The second-order valence-electron chi connectivity index (χ2n) is 3.38. The largest absolute Gasteiger partial charge is 0.459 e. The smallest absolute Gasteiger partial charge is 0.337 e. The van der Waals surface area contributed by atoms with Crippen molar-refractivity contribution in [3.8, 4) is 6.01 Å². The zero-order chi connectivity index (χ0) is 9.10. The van der Waals surface area contributed by atoms with E-state index in [4.69, 9.17) is 10.5 Å². The van der Waals surface area contributed by atoms with E-state index in [-0.39, 0.29) is 6.10 Å². The van der Waals surface area contributed by atoms with Gasteiger partial charge in [0.15, 0.2) is 0 Å². The van der Waals surface area contributed by atoms with Crippen LogP contribution in [0.5, 0.6) is 6.01 Å². The minimum absolute atomic E-state index is 0.281. The number of hydrogen-bond acceptors (Lipinski definition) is 4. The Morgan fingerprint density at radius 2 is 2.08 bits per heavy atom. The lowest BCUT2D eigenvalue weighted by Crippen LogP contribution is -2.20. The molecular weight excluding hydrogens is 168 g/mol. The lowest BCUT2D eigenvalue weighted by Gasteiger charge is -2.20. The number of rotatable bonds is 2. The fourth-order valence-corrected chi connectivity index (χ4v) is 1.64. The Morgan fingerprint density at radius 1 is 1.31 bits per heavy atom. The third-order valence-electron chi connectivity index (χ3n) is 2.31. The number of nitrogen functional groups attached to an aromatic ring is 1. The number of nitrogens with two attached hydrogens (primary N) is 1. The maximum atomic E-state index is 5.54. The molecule has 0 bridgehead atoms. The highest BCUT2D eigenvalue weighted by Crippen LogP contribution is 2.21. The second-order valence-corrected chi connectivity index (χ2v) is 3.38. The molecule has 0 spiro atoms. The van der Waals surface area contributed by atoms with Crippen molar-refractivity contribution in [3.05, 3.63) is 0 Å². The molecule has 1 aliphatic rings. The highest BCUT2D eigenvalue weighted by molar-refractivity contribution is 5.15. The number of H-pyrrole nitrogens is 1. The lowest BCUT2D eigenvalue weighted by atomic mass is 9.98. The average molecular weight is 182 g/mol. The maximum Gasteiger partial charge on any atom is 0.337 e. The number of nitrogens with zero attached hydrogens (tertiary/aromatic N) is 2. The first-order valence-electron chi connectivity index (χ1n) is 4.69. The van der Waals surface area contributed by atoms with Gasteiger partial charge in [-0.2, -0.15) is 4.98 Å². The van der Waals surface area contributed by atoms with Crippen LogP contribution >= 0.6 is 0 Å². The molecule has 0 aromatic carbocycles. The number of ether oxygens (including phenoxy) is 1. The van der Waals surface area contributed by atoms with Gasteiger partial charge in [-0.1, -0.05) is 6.42 Å². The van der Waals surface area contributed by atoms with Gasteiger partial charge in [-0.05, 0) is 25.7 Å². The molecule has 3 N–H and O–H groups in total. The number of hydrogen-bond donors (Lipinski definition) is 2. The van der Waals surface area contributed by atoms with Crippen LogP contribution in [0.25, 0.3) is 0 Å². The quantitative estimate of drug-likeness (QED) is 0.718. The van der Waals surface area contributed by atoms with E-state index in [9.17, 15) is 0 Å². The van der Waals surface area contributed by atoms with E-state index in [1.807, 2.05) is 0 Å². The summed E-state index contributed by atoms with van der Waals surface area (Å²) in [5.74, 6) is 0.311. The molecule has 1 aromatic rings. The van der Waals surface area contributed by atoms with Gasteiger partial charge in [-0.3, -0.25) is 0 Å². The molecule has 13 heavy (non-hydrogen) atoms. The molecule has 0 amide bonds.